The number of rotatable bonds is 8. The fourth-order valence-corrected chi connectivity index (χ4v) is 3.36. The molecule has 0 saturated carbocycles. The van der Waals surface area contributed by atoms with Gasteiger partial charge in [0.15, 0.2) is 6.10 Å². The highest BCUT2D eigenvalue weighted by Gasteiger charge is 2.14. The van der Waals surface area contributed by atoms with Crippen molar-refractivity contribution in [3.8, 4) is 11.5 Å². The molecule has 0 heterocycles. The largest absolute Gasteiger partial charge is 0.489 e. The van der Waals surface area contributed by atoms with Crippen LogP contribution in [0.5, 0.6) is 11.5 Å². The minimum absolute atomic E-state index is 0.360. The fraction of sp³-hybridized carbons (Fsp3) is 0.160. The number of benzene rings is 3. The average molecular weight is 502 g/mol. The van der Waals surface area contributed by atoms with Gasteiger partial charge in [-0.15, -0.1) is 0 Å². The summed E-state index contributed by atoms with van der Waals surface area (Å²) >= 11 is 9.53. The first kappa shape index (κ1) is 22.9. The summed E-state index contributed by atoms with van der Waals surface area (Å²) in [5.41, 5.74) is 3.95. The molecule has 0 amide bonds. The lowest BCUT2D eigenvalue weighted by molar-refractivity contribution is -0.144. The summed E-state index contributed by atoms with van der Waals surface area (Å²) in [5.74, 6) is 0.192. The molecule has 1 unspecified atom stereocenters. The molecule has 3 aromatic carbocycles. The van der Waals surface area contributed by atoms with Crippen molar-refractivity contribution in [1.82, 2.24) is 0 Å². The van der Waals surface area contributed by atoms with Crippen molar-refractivity contribution < 1.29 is 19.4 Å². The molecule has 3 aromatic rings. The monoisotopic (exact) mass is 500 g/mol. The van der Waals surface area contributed by atoms with E-state index in [1.165, 1.54) is 6.92 Å². The van der Waals surface area contributed by atoms with Crippen molar-refractivity contribution in [3.63, 3.8) is 0 Å². The van der Waals surface area contributed by atoms with Gasteiger partial charge in [0.2, 0.25) is 0 Å². The van der Waals surface area contributed by atoms with Crippen LogP contribution in [0.25, 0.3) is 5.57 Å². The number of halogens is 2. The van der Waals surface area contributed by atoms with E-state index in [0.29, 0.717) is 23.1 Å². The lowest BCUT2D eigenvalue weighted by Gasteiger charge is -2.14. The normalized spacial score (nSPS) is 12.3. The highest BCUT2D eigenvalue weighted by atomic mass is 79.9. The van der Waals surface area contributed by atoms with E-state index in [2.05, 4.69) is 15.9 Å². The maximum Gasteiger partial charge on any atom is 0.344 e. The molecule has 0 aliphatic carbocycles. The summed E-state index contributed by atoms with van der Waals surface area (Å²) in [4.78, 5) is 11.0. The van der Waals surface area contributed by atoms with Crippen LogP contribution in [0.3, 0.4) is 0 Å². The van der Waals surface area contributed by atoms with E-state index in [1.54, 1.807) is 12.1 Å². The minimum Gasteiger partial charge on any atom is -0.489 e. The molecule has 4 nitrogen and oxygen atoms in total. The Bertz CT molecular complexity index is 1030. The summed E-state index contributed by atoms with van der Waals surface area (Å²) in [6.45, 7) is 3.71. The first-order valence-electron chi connectivity index (χ1n) is 9.68. The van der Waals surface area contributed by atoms with Crippen LogP contribution in [-0.4, -0.2) is 23.8 Å². The van der Waals surface area contributed by atoms with Crippen LogP contribution in [0.15, 0.2) is 77.3 Å². The zero-order valence-electron chi connectivity index (χ0n) is 17.1. The maximum absolute atomic E-state index is 11.0. The number of aryl methyl sites for hydroxylation is 1. The topological polar surface area (TPSA) is 55.8 Å². The van der Waals surface area contributed by atoms with E-state index in [1.807, 2.05) is 67.6 Å². The second kappa shape index (κ2) is 10.5. The van der Waals surface area contributed by atoms with Gasteiger partial charge in [0, 0.05) is 9.50 Å². The van der Waals surface area contributed by atoms with Crippen LogP contribution < -0.4 is 9.47 Å². The van der Waals surface area contributed by atoms with Gasteiger partial charge >= 0.3 is 5.97 Å². The summed E-state index contributed by atoms with van der Waals surface area (Å²) < 4.78 is 12.4. The van der Waals surface area contributed by atoms with Gasteiger partial charge in [-0.05, 0) is 84.7 Å². The Labute approximate surface area is 195 Å². The lowest BCUT2D eigenvalue weighted by Crippen LogP contribution is -2.23. The predicted octanol–water partition coefficient (Wildman–Crippen LogP) is 6.77. The predicted molar refractivity (Wildman–Crippen MR) is 127 cm³/mol. The van der Waals surface area contributed by atoms with Gasteiger partial charge in [0.1, 0.15) is 18.1 Å². The number of hydrogen-bond donors (Lipinski definition) is 1. The SMILES string of the molecule is Cc1cc(OCC=C(c2ccc(Cl)cc2)c2ccc(Br)cc2)ccc1OC(C)C(=O)O. The van der Waals surface area contributed by atoms with Crippen molar-refractivity contribution in [2.75, 3.05) is 6.61 Å². The van der Waals surface area contributed by atoms with Crippen LogP contribution in [0.1, 0.15) is 23.6 Å². The molecule has 1 N–H and O–H groups in total. The van der Waals surface area contributed by atoms with Gasteiger partial charge in [-0.3, -0.25) is 0 Å². The Hall–Kier alpha value is -2.76. The van der Waals surface area contributed by atoms with Crippen molar-refractivity contribution >= 4 is 39.1 Å². The molecule has 0 fully saturated rings. The van der Waals surface area contributed by atoms with Crippen LogP contribution in [0.4, 0.5) is 0 Å². The van der Waals surface area contributed by atoms with Crippen molar-refractivity contribution in [3.05, 3.63) is 99.0 Å². The highest BCUT2D eigenvalue weighted by molar-refractivity contribution is 9.10. The van der Waals surface area contributed by atoms with E-state index in [-0.39, 0.29) is 0 Å². The van der Waals surface area contributed by atoms with Gasteiger partial charge in [0.05, 0.1) is 0 Å². The lowest BCUT2D eigenvalue weighted by atomic mass is 9.98. The first-order chi connectivity index (χ1) is 14.8. The molecule has 0 radical (unpaired) electrons. The smallest absolute Gasteiger partial charge is 0.344 e. The molecule has 0 saturated heterocycles. The molecule has 31 heavy (non-hydrogen) atoms. The molecule has 0 bridgehead atoms. The molecular formula is C25H22BrClO4. The Morgan fingerprint density at radius 2 is 1.68 bits per heavy atom. The van der Waals surface area contributed by atoms with Crippen molar-refractivity contribution in [2.45, 2.75) is 20.0 Å². The number of aliphatic carboxylic acids is 1. The zero-order valence-corrected chi connectivity index (χ0v) is 19.5. The Morgan fingerprint density at radius 3 is 2.26 bits per heavy atom. The molecule has 6 heteroatoms. The van der Waals surface area contributed by atoms with Gasteiger partial charge in [-0.1, -0.05) is 51.8 Å². The van der Waals surface area contributed by atoms with E-state index in [9.17, 15) is 4.79 Å². The average Bonchev–Trinajstić information content (AvgIpc) is 2.74. The molecule has 3 rings (SSSR count). The summed E-state index contributed by atoms with van der Waals surface area (Å²) in [6.07, 6.45) is 1.11. The van der Waals surface area contributed by atoms with Crippen LogP contribution >= 0.6 is 27.5 Å². The van der Waals surface area contributed by atoms with Crippen LogP contribution in [0.2, 0.25) is 5.02 Å². The van der Waals surface area contributed by atoms with E-state index in [0.717, 1.165) is 26.7 Å². The third-order valence-corrected chi connectivity index (χ3v) is 5.43. The van der Waals surface area contributed by atoms with E-state index < -0.39 is 12.1 Å². The Balaban J connectivity index is 1.78. The zero-order chi connectivity index (χ0) is 22.4. The van der Waals surface area contributed by atoms with Crippen molar-refractivity contribution in [1.29, 1.82) is 0 Å². The molecule has 0 aliphatic heterocycles. The van der Waals surface area contributed by atoms with Crippen LogP contribution in [-0.2, 0) is 4.79 Å². The quantitative estimate of drug-likeness (QED) is 0.370. The minimum atomic E-state index is -1.01. The highest BCUT2D eigenvalue weighted by Crippen LogP contribution is 2.27. The van der Waals surface area contributed by atoms with Gasteiger partial charge in [-0.2, -0.15) is 0 Å². The number of carboxylic acids is 1. The van der Waals surface area contributed by atoms with Gasteiger partial charge in [0.25, 0.3) is 0 Å². The van der Waals surface area contributed by atoms with Gasteiger partial charge < -0.3 is 14.6 Å². The maximum atomic E-state index is 11.0. The number of carbonyl (C=O) groups is 1. The summed E-state index contributed by atoms with van der Waals surface area (Å²) in [5, 5.41) is 9.69. The molecular weight excluding hydrogens is 480 g/mol. The van der Waals surface area contributed by atoms with Crippen LogP contribution in [0, 0.1) is 6.92 Å². The molecule has 0 aromatic heterocycles. The fourth-order valence-electron chi connectivity index (χ4n) is 2.97. The van der Waals surface area contributed by atoms with E-state index in [4.69, 9.17) is 26.2 Å². The molecule has 0 aliphatic rings. The van der Waals surface area contributed by atoms with E-state index >= 15 is 0 Å². The molecule has 0 spiro atoms. The second-order valence-corrected chi connectivity index (χ2v) is 8.32. The van der Waals surface area contributed by atoms with Crippen molar-refractivity contribution in [2.24, 2.45) is 0 Å². The number of hydrogen-bond acceptors (Lipinski definition) is 3. The Morgan fingerprint density at radius 1 is 1.06 bits per heavy atom. The Kier molecular flexibility index (Phi) is 7.77. The summed E-state index contributed by atoms with van der Waals surface area (Å²) in [6, 6.07) is 21.1. The first-order valence-corrected chi connectivity index (χ1v) is 10.9. The number of carboxylic acid groups (broad SMARTS) is 1. The molecule has 160 valence electrons. The third-order valence-electron chi connectivity index (χ3n) is 4.65. The third kappa shape index (κ3) is 6.36. The summed E-state index contributed by atoms with van der Waals surface area (Å²) in [7, 11) is 0. The molecule has 1 atom stereocenters. The second-order valence-electron chi connectivity index (χ2n) is 6.97. The van der Waals surface area contributed by atoms with Gasteiger partial charge in [-0.25, -0.2) is 4.79 Å². The standard InChI is InChI=1S/C25H22BrClO4/c1-16-15-22(11-12-24(16)31-17(2)25(28)29)30-14-13-23(18-3-7-20(26)8-4-18)19-5-9-21(27)10-6-19/h3-13,15,17H,14H2,1-2H3,(H,28,29). The number of ether oxygens (including phenoxy) is 2.